The molecule has 116 valence electrons. The van der Waals surface area contributed by atoms with Crippen molar-refractivity contribution >= 4 is 11.6 Å². The maximum atomic E-state index is 13.8. The highest BCUT2D eigenvalue weighted by Crippen LogP contribution is 2.11. The van der Waals surface area contributed by atoms with Gasteiger partial charge in [0.2, 0.25) is 5.95 Å². The van der Waals surface area contributed by atoms with Crippen LogP contribution in [0.4, 0.5) is 10.1 Å². The molecular weight excluding hydrogens is 307 g/mol. The summed E-state index contributed by atoms with van der Waals surface area (Å²) in [5.74, 6) is 4.17. The molecule has 0 unspecified atom stereocenters. The Labute approximate surface area is 137 Å². The summed E-state index contributed by atoms with van der Waals surface area (Å²) >= 11 is 0. The fourth-order valence-electron chi connectivity index (χ4n) is 1.88. The van der Waals surface area contributed by atoms with E-state index in [4.69, 9.17) is 0 Å². The van der Waals surface area contributed by atoms with Crippen molar-refractivity contribution in [2.75, 3.05) is 5.32 Å². The average Bonchev–Trinajstić information content (AvgIpc) is 2.62. The molecule has 6 heteroatoms. The van der Waals surface area contributed by atoms with Crippen molar-refractivity contribution in [1.82, 2.24) is 15.0 Å². The Morgan fingerprint density at radius 1 is 1.04 bits per heavy atom. The lowest BCUT2D eigenvalue weighted by atomic mass is 10.2. The second-order valence-corrected chi connectivity index (χ2v) is 4.72. The first-order chi connectivity index (χ1) is 11.7. The first kappa shape index (κ1) is 15.3. The zero-order valence-corrected chi connectivity index (χ0v) is 12.4. The molecule has 24 heavy (non-hydrogen) atoms. The van der Waals surface area contributed by atoms with Crippen molar-refractivity contribution in [3.63, 3.8) is 0 Å². The van der Waals surface area contributed by atoms with Crippen molar-refractivity contribution in [3.05, 3.63) is 84.0 Å². The Hall–Kier alpha value is -3.59. The number of carbonyl (C=O) groups excluding carboxylic acids is 1. The van der Waals surface area contributed by atoms with E-state index in [2.05, 4.69) is 32.1 Å². The van der Waals surface area contributed by atoms with Gasteiger partial charge < -0.3 is 5.32 Å². The van der Waals surface area contributed by atoms with Crippen LogP contribution >= 0.6 is 0 Å². The minimum atomic E-state index is -0.861. The number of rotatable bonds is 2. The summed E-state index contributed by atoms with van der Waals surface area (Å²) in [6.45, 7) is 0. The molecule has 3 aromatic rings. The van der Waals surface area contributed by atoms with Gasteiger partial charge in [0.15, 0.2) is 0 Å². The van der Waals surface area contributed by atoms with Crippen LogP contribution in [0.15, 0.2) is 61.2 Å². The topological polar surface area (TPSA) is 67.8 Å². The van der Waals surface area contributed by atoms with E-state index in [-0.39, 0.29) is 5.56 Å². The molecule has 0 atom stereocenters. The second kappa shape index (κ2) is 7.11. The predicted octanol–water partition coefficient (Wildman–Crippen LogP) is 2.66. The van der Waals surface area contributed by atoms with Gasteiger partial charge in [-0.3, -0.25) is 9.78 Å². The van der Waals surface area contributed by atoms with Crippen LogP contribution in [-0.4, -0.2) is 20.9 Å². The van der Waals surface area contributed by atoms with Crippen LogP contribution in [0.25, 0.3) is 0 Å². The SMILES string of the molecule is O=C(Nc1cccnc1)c1cc(C#Cc2ccccn2)cnc1F. The summed E-state index contributed by atoms with van der Waals surface area (Å²) in [6.07, 6.45) is 5.94. The maximum Gasteiger partial charge on any atom is 0.260 e. The summed E-state index contributed by atoms with van der Waals surface area (Å²) in [4.78, 5) is 23.7. The molecule has 0 aromatic carbocycles. The number of nitrogens with one attached hydrogen (secondary N) is 1. The normalized spacial score (nSPS) is 9.71. The van der Waals surface area contributed by atoms with Gasteiger partial charge in [0.25, 0.3) is 5.91 Å². The lowest BCUT2D eigenvalue weighted by Gasteiger charge is -2.05. The van der Waals surface area contributed by atoms with Crippen molar-refractivity contribution in [1.29, 1.82) is 0 Å². The molecule has 0 saturated carbocycles. The first-order valence-electron chi connectivity index (χ1n) is 7.02. The smallest absolute Gasteiger partial charge is 0.260 e. The third-order valence-corrected chi connectivity index (χ3v) is 3.00. The van der Waals surface area contributed by atoms with Gasteiger partial charge in [0.05, 0.1) is 17.4 Å². The fourth-order valence-corrected chi connectivity index (χ4v) is 1.88. The highest BCUT2D eigenvalue weighted by atomic mass is 19.1. The van der Waals surface area contributed by atoms with Gasteiger partial charge in [0, 0.05) is 24.2 Å². The zero-order chi connectivity index (χ0) is 16.8. The number of aromatic nitrogens is 3. The van der Waals surface area contributed by atoms with Crippen LogP contribution in [0.3, 0.4) is 0 Å². The molecule has 0 radical (unpaired) electrons. The number of anilines is 1. The van der Waals surface area contributed by atoms with Crippen molar-refractivity contribution in [2.24, 2.45) is 0 Å². The third kappa shape index (κ3) is 3.78. The Bertz CT molecular complexity index is 918. The summed E-state index contributed by atoms with van der Waals surface area (Å²) in [7, 11) is 0. The number of amides is 1. The van der Waals surface area contributed by atoms with Gasteiger partial charge >= 0.3 is 0 Å². The molecule has 1 N–H and O–H groups in total. The quantitative estimate of drug-likeness (QED) is 0.583. The van der Waals surface area contributed by atoms with E-state index in [1.807, 2.05) is 6.07 Å². The van der Waals surface area contributed by atoms with Crippen molar-refractivity contribution < 1.29 is 9.18 Å². The van der Waals surface area contributed by atoms with E-state index in [1.165, 1.54) is 18.5 Å². The standard InChI is InChI=1S/C18H11FN4O/c19-17-16(18(24)23-15-5-3-8-20-12-15)10-13(11-22-17)6-7-14-4-1-2-9-21-14/h1-5,8-12H,(H,23,24). The molecule has 0 aliphatic rings. The van der Waals surface area contributed by atoms with E-state index in [0.29, 0.717) is 16.9 Å². The predicted molar refractivity (Wildman–Crippen MR) is 86.6 cm³/mol. The number of halogens is 1. The van der Waals surface area contributed by atoms with Crippen LogP contribution in [0.5, 0.6) is 0 Å². The number of hydrogen-bond donors (Lipinski definition) is 1. The van der Waals surface area contributed by atoms with E-state index in [9.17, 15) is 9.18 Å². The van der Waals surface area contributed by atoms with E-state index in [0.717, 1.165) is 0 Å². The van der Waals surface area contributed by atoms with Gasteiger partial charge in [0.1, 0.15) is 5.69 Å². The molecule has 3 heterocycles. The summed E-state index contributed by atoms with van der Waals surface area (Å²) < 4.78 is 13.8. The van der Waals surface area contributed by atoms with Gasteiger partial charge in [-0.2, -0.15) is 4.39 Å². The van der Waals surface area contributed by atoms with Crippen LogP contribution in [0.2, 0.25) is 0 Å². The number of carbonyl (C=O) groups is 1. The Balaban J connectivity index is 1.84. The molecule has 0 aliphatic heterocycles. The van der Waals surface area contributed by atoms with Crippen molar-refractivity contribution in [3.8, 4) is 11.8 Å². The van der Waals surface area contributed by atoms with E-state index < -0.39 is 11.9 Å². The van der Waals surface area contributed by atoms with E-state index >= 15 is 0 Å². The van der Waals surface area contributed by atoms with Gasteiger partial charge in [-0.05, 0) is 36.3 Å². The first-order valence-corrected chi connectivity index (χ1v) is 7.02. The molecule has 0 fully saturated rings. The van der Waals surface area contributed by atoms with Gasteiger partial charge in [-0.1, -0.05) is 12.0 Å². The molecule has 1 amide bonds. The lowest BCUT2D eigenvalue weighted by Crippen LogP contribution is -2.15. The highest BCUT2D eigenvalue weighted by Gasteiger charge is 2.13. The van der Waals surface area contributed by atoms with E-state index in [1.54, 1.807) is 36.7 Å². The summed E-state index contributed by atoms with van der Waals surface area (Å²) in [5, 5.41) is 2.56. The molecule has 0 bridgehead atoms. The largest absolute Gasteiger partial charge is 0.320 e. The monoisotopic (exact) mass is 318 g/mol. The minimum absolute atomic E-state index is 0.188. The van der Waals surface area contributed by atoms with Crippen molar-refractivity contribution in [2.45, 2.75) is 0 Å². The Morgan fingerprint density at radius 3 is 2.71 bits per heavy atom. The van der Waals surface area contributed by atoms with Crippen LogP contribution in [-0.2, 0) is 0 Å². The molecule has 3 rings (SSSR count). The fraction of sp³-hybridized carbons (Fsp3) is 0. The summed E-state index contributed by atoms with van der Waals surface area (Å²) in [6, 6.07) is 10.0. The molecule has 0 aliphatic carbocycles. The average molecular weight is 318 g/mol. The molecular formula is C18H11FN4O. The number of pyridine rings is 3. The summed E-state index contributed by atoms with van der Waals surface area (Å²) in [5.41, 5.74) is 1.26. The number of nitrogens with zero attached hydrogens (tertiary/aromatic N) is 3. The maximum absolute atomic E-state index is 13.8. The number of hydrogen-bond acceptors (Lipinski definition) is 4. The third-order valence-electron chi connectivity index (χ3n) is 3.00. The molecule has 0 spiro atoms. The van der Waals surface area contributed by atoms with Gasteiger partial charge in [-0.25, -0.2) is 9.97 Å². The van der Waals surface area contributed by atoms with Gasteiger partial charge in [-0.15, -0.1) is 0 Å². The highest BCUT2D eigenvalue weighted by molar-refractivity contribution is 6.04. The Kier molecular flexibility index (Phi) is 4.54. The van der Waals surface area contributed by atoms with Crippen LogP contribution in [0.1, 0.15) is 21.6 Å². The second-order valence-electron chi connectivity index (χ2n) is 4.72. The minimum Gasteiger partial charge on any atom is -0.320 e. The Morgan fingerprint density at radius 2 is 1.96 bits per heavy atom. The van der Waals surface area contributed by atoms with Crippen LogP contribution < -0.4 is 5.32 Å². The molecule has 0 saturated heterocycles. The molecule has 3 aromatic heterocycles. The lowest BCUT2D eigenvalue weighted by molar-refractivity contribution is 0.102. The zero-order valence-electron chi connectivity index (χ0n) is 12.4. The molecule has 5 nitrogen and oxygen atoms in total. The van der Waals surface area contributed by atoms with Crippen LogP contribution in [0, 0.1) is 17.8 Å².